The van der Waals surface area contributed by atoms with Crippen LogP contribution in [0.3, 0.4) is 0 Å². The van der Waals surface area contributed by atoms with E-state index in [1.807, 2.05) is 0 Å². The summed E-state index contributed by atoms with van der Waals surface area (Å²) in [6.07, 6.45) is 0. The summed E-state index contributed by atoms with van der Waals surface area (Å²) in [5, 5.41) is 20.1. The second-order valence-corrected chi connectivity index (χ2v) is 4.99. The topological polar surface area (TPSA) is 53.6 Å². The molecule has 0 saturated heterocycles. The molecule has 20 heavy (non-hydrogen) atoms. The van der Waals surface area contributed by atoms with E-state index in [0.29, 0.717) is 22.2 Å². The van der Waals surface area contributed by atoms with E-state index in [-0.39, 0.29) is 5.75 Å². The first-order valence-electron chi connectivity index (χ1n) is 5.89. The molecule has 5 heteroatoms. The van der Waals surface area contributed by atoms with Crippen LogP contribution in [-0.2, 0) is 5.33 Å². The number of hydrogen-bond acceptors (Lipinski definition) is 3. The molecule has 2 aromatic carbocycles. The summed E-state index contributed by atoms with van der Waals surface area (Å²) < 4.78 is 19.1. The largest absolute Gasteiger partial charge is 0.508 e. The number of rotatable bonds is 2. The van der Waals surface area contributed by atoms with Crippen molar-refractivity contribution in [2.75, 3.05) is 0 Å². The van der Waals surface area contributed by atoms with Gasteiger partial charge in [-0.25, -0.2) is 4.39 Å². The summed E-state index contributed by atoms with van der Waals surface area (Å²) in [5.74, 6) is -0.474. The number of alkyl halides is 1. The first kappa shape index (κ1) is 13.0. The van der Waals surface area contributed by atoms with Crippen LogP contribution in [0.1, 0.15) is 5.56 Å². The number of benzene rings is 2. The van der Waals surface area contributed by atoms with Crippen molar-refractivity contribution in [1.82, 2.24) is 0 Å². The van der Waals surface area contributed by atoms with Crippen molar-refractivity contribution in [1.29, 1.82) is 0 Å². The Bertz CT molecular complexity index is 795. The van der Waals surface area contributed by atoms with Gasteiger partial charge in [0.2, 0.25) is 0 Å². The number of aromatic hydroxyl groups is 2. The van der Waals surface area contributed by atoms with Gasteiger partial charge in [0.1, 0.15) is 17.1 Å². The van der Waals surface area contributed by atoms with Crippen molar-refractivity contribution < 1.29 is 19.0 Å². The molecule has 0 aliphatic carbocycles. The average molecular weight is 337 g/mol. The molecule has 0 saturated carbocycles. The van der Waals surface area contributed by atoms with E-state index in [0.717, 1.165) is 10.9 Å². The number of furan rings is 1. The third kappa shape index (κ3) is 2.14. The molecule has 0 aliphatic rings. The molecule has 3 nitrogen and oxygen atoms in total. The van der Waals surface area contributed by atoms with Crippen LogP contribution in [0.4, 0.5) is 4.39 Å². The van der Waals surface area contributed by atoms with Crippen LogP contribution in [0.25, 0.3) is 22.3 Å². The van der Waals surface area contributed by atoms with Gasteiger partial charge < -0.3 is 14.6 Å². The molecule has 2 N–H and O–H groups in total. The third-order valence-electron chi connectivity index (χ3n) is 3.05. The monoisotopic (exact) mass is 336 g/mol. The first-order valence-corrected chi connectivity index (χ1v) is 7.01. The van der Waals surface area contributed by atoms with Crippen molar-refractivity contribution in [2.24, 2.45) is 0 Å². The fourth-order valence-corrected chi connectivity index (χ4v) is 2.53. The molecule has 0 radical (unpaired) electrons. The molecule has 0 amide bonds. The Morgan fingerprint density at radius 1 is 1.10 bits per heavy atom. The summed E-state index contributed by atoms with van der Waals surface area (Å²) in [6, 6.07) is 8.99. The summed E-state index contributed by atoms with van der Waals surface area (Å²) >= 11 is 3.34. The molecule has 102 valence electrons. The Morgan fingerprint density at radius 3 is 2.60 bits per heavy atom. The Balaban J connectivity index is 2.19. The number of phenols is 2. The number of hydrogen-bond donors (Lipinski definition) is 2. The van der Waals surface area contributed by atoms with Gasteiger partial charge in [0.25, 0.3) is 0 Å². The standard InChI is InChI=1S/C15H10BrFO3/c16-7-10-4-11(18)3-9-6-14(20-15(9)10)8-1-2-13(19)12(17)5-8/h1-6,18-19H,7H2. The van der Waals surface area contributed by atoms with Gasteiger partial charge in [0, 0.05) is 21.8 Å². The normalized spacial score (nSPS) is 11.1. The minimum Gasteiger partial charge on any atom is -0.508 e. The lowest BCUT2D eigenvalue weighted by atomic mass is 10.1. The maximum absolute atomic E-state index is 13.4. The fourth-order valence-electron chi connectivity index (χ4n) is 2.11. The minimum absolute atomic E-state index is 0.149. The molecule has 3 aromatic rings. The van der Waals surface area contributed by atoms with Crippen LogP contribution in [-0.4, -0.2) is 10.2 Å². The van der Waals surface area contributed by atoms with E-state index in [2.05, 4.69) is 15.9 Å². The predicted molar refractivity (Wildman–Crippen MR) is 77.6 cm³/mol. The Labute approximate surface area is 122 Å². The van der Waals surface area contributed by atoms with Gasteiger partial charge in [-0.3, -0.25) is 0 Å². The van der Waals surface area contributed by atoms with Gasteiger partial charge in [0.05, 0.1) is 0 Å². The SMILES string of the molecule is Oc1cc(CBr)c2oc(-c3ccc(O)c(F)c3)cc2c1. The summed E-state index contributed by atoms with van der Waals surface area (Å²) in [4.78, 5) is 0. The second kappa shape index (κ2) is 4.83. The van der Waals surface area contributed by atoms with Crippen LogP contribution in [0.2, 0.25) is 0 Å². The van der Waals surface area contributed by atoms with Gasteiger partial charge in [-0.2, -0.15) is 0 Å². The molecule has 0 bridgehead atoms. The van der Waals surface area contributed by atoms with Crippen molar-refractivity contribution in [3.05, 3.63) is 47.8 Å². The Hall–Kier alpha value is -2.01. The summed E-state index contributed by atoms with van der Waals surface area (Å²) in [6.45, 7) is 0. The van der Waals surface area contributed by atoms with Crippen molar-refractivity contribution >= 4 is 26.9 Å². The maximum atomic E-state index is 13.4. The minimum atomic E-state index is -0.702. The lowest BCUT2D eigenvalue weighted by Crippen LogP contribution is -1.79. The van der Waals surface area contributed by atoms with Gasteiger partial charge in [-0.15, -0.1) is 0 Å². The Kier molecular flexibility index (Phi) is 3.14. The highest BCUT2D eigenvalue weighted by molar-refractivity contribution is 9.08. The van der Waals surface area contributed by atoms with E-state index in [1.165, 1.54) is 12.1 Å². The second-order valence-electron chi connectivity index (χ2n) is 4.43. The number of halogens is 2. The molecule has 1 heterocycles. The lowest BCUT2D eigenvalue weighted by molar-refractivity contribution is 0.432. The number of fused-ring (bicyclic) bond motifs is 1. The van der Waals surface area contributed by atoms with Crippen LogP contribution >= 0.6 is 15.9 Å². The predicted octanol–water partition coefficient (Wildman–Crippen LogP) is 4.55. The van der Waals surface area contributed by atoms with Crippen molar-refractivity contribution in [3.8, 4) is 22.8 Å². The van der Waals surface area contributed by atoms with Crippen LogP contribution in [0.5, 0.6) is 11.5 Å². The molecule has 0 spiro atoms. The average Bonchev–Trinajstić information content (AvgIpc) is 2.84. The fraction of sp³-hybridized carbons (Fsp3) is 0.0667. The van der Waals surface area contributed by atoms with Gasteiger partial charge in [-0.1, -0.05) is 15.9 Å². The maximum Gasteiger partial charge on any atom is 0.165 e. The first-order chi connectivity index (χ1) is 9.58. The van der Waals surface area contributed by atoms with E-state index < -0.39 is 11.6 Å². The van der Waals surface area contributed by atoms with Crippen LogP contribution in [0, 0.1) is 5.82 Å². The smallest absolute Gasteiger partial charge is 0.165 e. The van der Waals surface area contributed by atoms with Crippen LogP contribution < -0.4 is 0 Å². The van der Waals surface area contributed by atoms with Crippen LogP contribution in [0.15, 0.2) is 40.8 Å². The lowest BCUT2D eigenvalue weighted by Gasteiger charge is -2.00. The highest BCUT2D eigenvalue weighted by Crippen LogP contribution is 2.34. The van der Waals surface area contributed by atoms with Crippen molar-refractivity contribution in [2.45, 2.75) is 5.33 Å². The molecule has 0 unspecified atom stereocenters. The van der Waals surface area contributed by atoms with Crippen molar-refractivity contribution in [3.63, 3.8) is 0 Å². The highest BCUT2D eigenvalue weighted by atomic mass is 79.9. The summed E-state index contributed by atoms with van der Waals surface area (Å²) in [7, 11) is 0. The zero-order valence-electron chi connectivity index (χ0n) is 10.2. The number of phenolic OH excluding ortho intramolecular Hbond substituents is 2. The zero-order chi connectivity index (χ0) is 14.3. The van der Waals surface area contributed by atoms with Gasteiger partial charge in [0.15, 0.2) is 11.6 Å². The Morgan fingerprint density at radius 2 is 1.90 bits per heavy atom. The molecule has 0 atom stereocenters. The van der Waals surface area contributed by atoms with E-state index in [4.69, 9.17) is 4.42 Å². The van der Waals surface area contributed by atoms with E-state index in [1.54, 1.807) is 24.3 Å². The van der Waals surface area contributed by atoms with E-state index in [9.17, 15) is 14.6 Å². The molecular weight excluding hydrogens is 327 g/mol. The molecule has 0 fully saturated rings. The molecular formula is C15H10BrFO3. The zero-order valence-corrected chi connectivity index (χ0v) is 11.8. The quantitative estimate of drug-likeness (QED) is 0.675. The molecule has 3 rings (SSSR count). The van der Waals surface area contributed by atoms with Gasteiger partial charge >= 0.3 is 0 Å². The summed E-state index contributed by atoms with van der Waals surface area (Å²) in [5.41, 5.74) is 1.98. The molecule has 0 aliphatic heterocycles. The molecule has 1 aromatic heterocycles. The highest BCUT2D eigenvalue weighted by Gasteiger charge is 2.12. The van der Waals surface area contributed by atoms with E-state index >= 15 is 0 Å². The van der Waals surface area contributed by atoms with Gasteiger partial charge in [-0.05, 0) is 36.4 Å². The third-order valence-corrected chi connectivity index (χ3v) is 3.66.